The van der Waals surface area contributed by atoms with Crippen molar-refractivity contribution in [1.82, 2.24) is 10.2 Å². The van der Waals surface area contributed by atoms with Crippen LogP contribution in [0.1, 0.15) is 47.0 Å². The number of amides is 2. The summed E-state index contributed by atoms with van der Waals surface area (Å²) in [6, 6.07) is 0.000440. The van der Waals surface area contributed by atoms with Gasteiger partial charge in [0.25, 0.3) is 0 Å². The molecule has 1 aliphatic heterocycles. The smallest absolute Gasteiger partial charge is 0.248 e. The van der Waals surface area contributed by atoms with Crippen molar-refractivity contribution in [2.45, 2.75) is 58.5 Å². The fourth-order valence-electron chi connectivity index (χ4n) is 2.86. The highest BCUT2D eigenvalue weighted by molar-refractivity contribution is 5.94. The standard InChI is InChI=1S/C14H24N2O2/c1-9(2)8-16-10(3)7-12(17)15-14(4,13(16)18)11-5-6-11/h9-11H,5-8H2,1-4H3,(H,15,17). The van der Waals surface area contributed by atoms with Gasteiger partial charge in [0.05, 0.1) is 0 Å². The third-order valence-corrected chi connectivity index (χ3v) is 4.07. The van der Waals surface area contributed by atoms with Crippen molar-refractivity contribution in [2.75, 3.05) is 6.54 Å². The van der Waals surface area contributed by atoms with E-state index in [4.69, 9.17) is 0 Å². The first-order valence-electron chi connectivity index (χ1n) is 6.96. The number of hydrogen-bond donors (Lipinski definition) is 1. The second-order valence-electron chi connectivity index (χ2n) is 6.43. The predicted octanol–water partition coefficient (Wildman–Crippen LogP) is 1.55. The molecule has 2 unspecified atom stereocenters. The lowest BCUT2D eigenvalue weighted by atomic mass is 9.93. The Labute approximate surface area is 109 Å². The molecule has 1 heterocycles. The van der Waals surface area contributed by atoms with E-state index in [1.54, 1.807) is 0 Å². The fourth-order valence-corrected chi connectivity index (χ4v) is 2.86. The second-order valence-corrected chi connectivity index (χ2v) is 6.43. The van der Waals surface area contributed by atoms with E-state index in [1.807, 2.05) is 18.7 Å². The molecule has 2 aliphatic rings. The average molecular weight is 252 g/mol. The Bertz CT molecular complexity index is 363. The topological polar surface area (TPSA) is 49.4 Å². The highest BCUT2D eigenvalue weighted by Crippen LogP contribution is 2.41. The van der Waals surface area contributed by atoms with Gasteiger partial charge in [-0.3, -0.25) is 9.59 Å². The van der Waals surface area contributed by atoms with E-state index in [9.17, 15) is 9.59 Å². The van der Waals surface area contributed by atoms with Crippen LogP contribution in [0.15, 0.2) is 0 Å². The van der Waals surface area contributed by atoms with Gasteiger partial charge < -0.3 is 10.2 Å². The maximum Gasteiger partial charge on any atom is 0.248 e. The molecule has 1 saturated carbocycles. The quantitative estimate of drug-likeness (QED) is 0.828. The molecule has 4 nitrogen and oxygen atoms in total. The lowest BCUT2D eigenvalue weighted by molar-refractivity contribution is -0.140. The summed E-state index contributed by atoms with van der Waals surface area (Å²) in [5.41, 5.74) is -0.670. The van der Waals surface area contributed by atoms with Crippen molar-refractivity contribution < 1.29 is 9.59 Å². The molecule has 0 spiro atoms. The van der Waals surface area contributed by atoms with Crippen LogP contribution in [-0.2, 0) is 9.59 Å². The molecular weight excluding hydrogens is 228 g/mol. The average Bonchev–Trinajstić information content (AvgIpc) is 3.06. The van der Waals surface area contributed by atoms with Crippen LogP contribution < -0.4 is 5.32 Å². The zero-order chi connectivity index (χ0) is 13.5. The molecule has 1 saturated heterocycles. The van der Waals surface area contributed by atoms with E-state index in [1.165, 1.54) is 0 Å². The Kier molecular flexibility index (Phi) is 3.39. The molecule has 2 atom stereocenters. The van der Waals surface area contributed by atoms with Gasteiger partial charge in [0.15, 0.2) is 0 Å². The molecule has 4 heteroatoms. The molecule has 2 amide bonds. The van der Waals surface area contributed by atoms with Gasteiger partial charge in [-0.25, -0.2) is 0 Å². The Morgan fingerprint density at radius 2 is 2.00 bits per heavy atom. The summed E-state index contributed by atoms with van der Waals surface area (Å²) in [6.07, 6.45) is 2.51. The van der Waals surface area contributed by atoms with Gasteiger partial charge in [0, 0.05) is 19.0 Å². The van der Waals surface area contributed by atoms with Crippen LogP contribution in [0.2, 0.25) is 0 Å². The summed E-state index contributed by atoms with van der Waals surface area (Å²) in [5, 5.41) is 2.97. The Balaban J connectivity index is 2.27. The third-order valence-electron chi connectivity index (χ3n) is 4.07. The van der Waals surface area contributed by atoms with Gasteiger partial charge in [-0.05, 0) is 38.5 Å². The predicted molar refractivity (Wildman–Crippen MR) is 69.9 cm³/mol. The number of rotatable bonds is 3. The molecule has 18 heavy (non-hydrogen) atoms. The van der Waals surface area contributed by atoms with E-state index >= 15 is 0 Å². The molecule has 0 aromatic carbocycles. The van der Waals surface area contributed by atoms with Crippen LogP contribution in [0, 0.1) is 11.8 Å². The summed E-state index contributed by atoms with van der Waals surface area (Å²) in [4.78, 5) is 26.6. The first-order chi connectivity index (χ1) is 8.34. The fraction of sp³-hybridized carbons (Fsp3) is 0.857. The normalized spacial score (nSPS) is 33.6. The maximum absolute atomic E-state index is 12.8. The van der Waals surface area contributed by atoms with Crippen molar-refractivity contribution in [3.8, 4) is 0 Å². The number of carbonyl (C=O) groups excluding carboxylic acids is 2. The Morgan fingerprint density at radius 3 is 2.50 bits per heavy atom. The highest BCUT2D eigenvalue weighted by atomic mass is 16.2. The van der Waals surface area contributed by atoms with Gasteiger partial charge in [-0.1, -0.05) is 13.8 Å². The molecule has 0 aromatic heterocycles. The van der Waals surface area contributed by atoms with Crippen LogP contribution in [-0.4, -0.2) is 34.8 Å². The zero-order valence-electron chi connectivity index (χ0n) is 11.8. The lowest BCUT2D eigenvalue weighted by Gasteiger charge is -2.35. The van der Waals surface area contributed by atoms with Crippen molar-refractivity contribution >= 4 is 11.8 Å². The first-order valence-corrected chi connectivity index (χ1v) is 6.96. The van der Waals surface area contributed by atoms with Crippen molar-refractivity contribution in [1.29, 1.82) is 0 Å². The Hall–Kier alpha value is -1.06. The first kappa shape index (κ1) is 13.4. The summed E-state index contributed by atoms with van der Waals surface area (Å²) < 4.78 is 0. The van der Waals surface area contributed by atoms with Crippen LogP contribution in [0.25, 0.3) is 0 Å². The van der Waals surface area contributed by atoms with Crippen molar-refractivity contribution in [3.05, 3.63) is 0 Å². The molecule has 0 bridgehead atoms. The molecule has 1 aliphatic carbocycles. The van der Waals surface area contributed by atoms with E-state index < -0.39 is 5.54 Å². The van der Waals surface area contributed by atoms with Gasteiger partial charge in [-0.2, -0.15) is 0 Å². The minimum atomic E-state index is -0.670. The minimum Gasteiger partial charge on any atom is -0.342 e. The largest absolute Gasteiger partial charge is 0.342 e. The van der Waals surface area contributed by atoms with E-state index in [2.05, 4.69) is 19.2 Å². The molecule has 0 aromatic rings. The van der Waals surface area contributed by atoms with Gasteiger partial charge in [0.2, 0.25) is 11.8 Å². The number of nitrogens with zero attached hydrogens (tertiary/aromatic N) is 1. The summed E-state index contributed by atoms with van der Waals surface area (Å²) in [7, 11) is 0. The summed E-state index contributed by atoms with van der Waals surface area (Å²) in [6.45, 7) is 8.81. The van der Waals surface area contributed by atoms with Gasteiger partial charge in [-0.15, -0.1) is 0 Å². The maximum atomic E-state index is 12.8. The molecule has 2 rings (SSSR count). The highest BCUT2D eigenvalue weighted by Gasteiger charge is 2.52. The van der Waals surface area contributed by atoms with Crippen molar-refractivity contribution in [3.63, 3.8) is 0 Å². The number of carbonyl (C=O) groups is 2. The van der Waals surface area contributed by atoms with Crippen molar-refractivity contribution in [2.24, 2.45) is 11.8 Å². The molecule has 2 fully saturated rings. The number of nitrogens with one attached hydrogen (secondary N) is 1. The third kappa shape index (κ3) is 2.38. The Morgan fingerprint density at radius 1 is 1.39 bits per heavy atom. The SMILES string of the molecule is CC(C)CN1C(=O)C(C)(C2CC2)NC(=O)CC1C. The van der Waals surface area contributed by atoms with Crippen LogP contribution >= 0.6 is 0 Å². The minimum absolute atomic E-state index is 0.000440. The molecule has 102 valence electrons. The van der Waals surface area contributed by atoms with E-state index in [-0.39, 0.29) is 17.9 Å². The molecular formula is C14H24N2O2. The van der Waals surface area contributed by atoms with Crippen LogP contribution in [0.4, 0.5) is 0 Å². The second kappa shape index (κ2) is 4.56. The zero-order valence-corrected chi connectivity index (χ0v) is 11.8. The van der Waals surface area contributed by atoms with E-state index in [0.29, 0.717) is 18.3 Å². The molecule has 0 radical (unpaired) electrons. The van der Waals surface area contributed by atoms with Gasteiger partial charge in [0.1, 0.15) is 5.54 Å². The van der Waals surface area contributed by atoms with Crippen LogP contribution in [0.5, 0.6) is 0 Å². The van der Waals surface area contributed by atoms with Crippen LogP contribution in [0.3, 0.4) is 0 Å². The molecule has 1 N–H and O–H groups in total. The summed E-state index contributed by atoms with van der Waals surface area (Å²) in [5.74, 6) is 0.871. The number of hydrogen-bond acceptors (Lipinski definition) is 2. The lowest BCUT2D eigenvalue weighted by Crippen LogP contribution is -2.57. The van der Waals surface area contributed by atoms with Gasteiger partial charge >= 0.3 is 0 Å². The monoisotopic (exact) mass is 252 g/mol. The summed E-state index contributed by atoms with van der Waals surface area (Å²) >= 11 is 0. The van der Waals surface area contributed by atoms with E-state index in [0.717, 1.165) is 19.4 Å².